The molecule has 0 saturated heterocycles. The summed E-state index contributed by atoms with van der Waals surface area (Å²) in [5.74, 6) is -0.0473. The summed E-state index contributed by atoms with van der Waals surface area (Å²) in [4.78, 5) is 10.7. The molecule has 0 aliphatic rings. The highest BCUT2D eigenvalue weighted by atomic mass is 32.2. The Balaban J connectivity index is 2.87. The maximum Gasteiger partial charge on any atom is 0.422 e. The van der Waals surface area contributed by atoms with Crippen LogP contribution in [-0.2, 0) is 14.9 Å². The highest BCUT2D eigenvalue weighted by Crippen LogP contribution is 2.11. The number of aromatic amines is 1. The predicted octanol–water partition coefficient (Wildman–Crippen LogP) is -0.943. The van der Waals surface area contributed by atoms with E-state index in [2.05, 4.69) is 27.2 Å². The third-order valence-electron chi connectivity index (χ3n) is 1.54. The minimum absolute atomic E-state index is 0.0467. The number of nitrogens with one attached hydrogen (secondary N) is 3. The van der Waals surface area contributed by atoms with Gasteiger partial charge in [-0.05, 0) is 0 Å². The van der Waals surface area contributed by atoms with Gasteiger partial charge in [-0.2, -0.15) is 13.5 Å². The number of hydrogen-bond acceptors (Lipinski definition) is 6. The molecule has 1 heterocycles. The van der Waals surface area contributed by atoms with Gasteiger partial charge in [-0.3, -0.25) is 5.10 Å². The normalized spacial score (nSPS) is 10.6. The number of H-pyrrole nitrogens is 1. The topological polar surface area (TPSA) is 139 Å². The summed E-state index contributed by atoms with van der Waals surface area (Å²) in [5, 5.41) is 5.90. The Labute approximate surface area is 102 Å². The maximum absolute atomic E-state index is 11.4. The zero-order valence-corrected chi connectivity index (χ0v) is 10.2. The summed E-state index contributed by atoms with van der Waals surface area (Å²) in [7, 11) is -3.10. The molecular formula is C6H9N5O4S2. The van der Waals surface area contributed by atoms with Crippen molar-refractivity contribution in [3.8, 4) is 0 Å². The van der Waals surface area contributed by atoms with Gasteiger partial charge in [-0.25, -0.2) is 14.2 Å². The Morgan fingerprint density at radius 3 is 2.82 bits per heavy atom. The third kappa shape index (κ3) is 3.57. The fourth-order valence-corrected chi connectivity index (χ4v) is 1.79. The number of carbonyl (C=O) groups excluding carboxylic acids is 1. The van der Waals surface area contributed by atoms with Gasteiger partial charge in [0, 0.05) is 0 Å². The number of rotatable bonds is 4. The molecule has 1 aromatic heterocycles. The number of thiocarbonyl (C=S) groups is 1. The van der Waals surface area contributed by atoms with Gasteiger partial charge in [-0.15, -0.1) is 0 Å². The summed E-state index contributed by atoms with van der Waals surface area (Å²) < 4.78 is 30.5. The van der Waals surface area contributed by atoms with E-state index in [0.29, 0.717) is 0 Å². The largest absolute Gasteiger partial charge is 0.452 e. The molecule has 0 bridgehead atoms. The van der Waals surface area contributed by atoms with Crippen LogP contribution in [0.1, 0.15) is 5.56 Å². The van der Waals surface area contributed by atoms with Gasteiger partial charge in [0.2, 0.25) is 0 Å². The van der Waals surface area contributed by atoms with Crippen molar-refractivity contribution in [1.29, 1.82) is 0 Å². The van der Waals surface area contributed by atoms with Crippen molar-refractivity contribution in [2.24, 2.45) is 5.73 Å². The number of aromatic nitrogens is 2. The molecule has 0 aromatic carbocycles. The van der Waals surface area contributed by atoms with Gasteiger partial charge in [0.25, 0.3) is 0 Å². The number of ether oxygens (including phenoxy) is 1. The van der Waals surface area contributed by atoms with Crippen LogP contribution in [-0.4, -0.2) is 36.8 Å². The summed E-state index contributed by atoms with van der Waals surface area (Å²) in [6.45, 7) is 0. The van der Waals surface area contributed by atoms with Gasteiger partial charge in [0.15, 0.2) is 0 Å². The molecule has 0 fully saturated rings. The zero-order chi connectivity index (χ0) is 13.1. The van der Waals surface area contributed by atoms with Crippen LogP contribution in [0.3, 0.4) is 0 Å². The van der Waals surface area contributed by atoms with Crippen LogP contribution >= 0.6 is 12.2 Å². The van der Waals surface area contributed by atoms with E-state index < -0.39 is 16.3 Å². The second-order valence-corrected chi connectivity index (χ2v) is 4.58. The van der Waals surface area contributed by atoms with Crippen molar-refractivity contribution in [2.45, 2.75) is 0 Å². The van der Waals surface area contributed by atoms with Crippen molar-refractivity contribution < 1.29 is 17.9 Å². The van der Waals surface area contributed by atoms with E-state index >= 15 is 0 Å². The number of carbonyl (C=O) groups is 1. The molecule has 1 aromatic rings. The molecule has 0 aliphatic carbocycles. The van der Waals surface area contributed by atoms with Crippen molar-refractivity contribution in [2.75, 3.05) is 11.8 Å². The second-order valence-electron chi connectivity index (χ2n) is 2.72. The molecule has 1 rings (SSSR count). The minimum Gasteiger partial charge on any atom is -0.452 e. The van der Waals surface area contributed by atoms with Gasteiger partial charge in [-0.1, -0.05) is 12.2 Å². The molecule has 0 saturated carbocycles. The Hall–Kier alpha value is -1.88. The molecule has 5 N–H and O–H groups in total. The summed E-state index contributed by atoms with van der Waals surface area (Å²) in [6.07, 6.45) is 0.118. The highest BCUT2D eigenvalue weighted by molar-refractivity contribution is 7.91. The number of anilines is 1. The molecule has 0 spiro atoms. The number of amides is 1. The van der Waals surface area contributed by atoms with E-state index in [-0.39, 0.29) is 16.4 Å². The van der Waals surface area contributed by atoms with Crippen LogP contribution in [0.2, 0.25) is 0 Å². The Kier molecular flexibility index (Phi) is 3.85. The van der Waals surface area contributed by atoms with Crippen molar-refractivity contribution in [1.82, 2.24) is 14.9 Å². The fourth-order valence-electron chi connectivity index (χ4n) is 0.862. The number of methoxy groups -OCH3 is 1. The van der Waals surface area contributed by atoms with E-state index in [1.165, 1.54) is 6.20 Å². The SMILES string of the molecule is COC(=O)NS(=O)(=O)Nc1[nH]ncc1C(N)=S. The predicted molar refractivity (Wildman–Crippen MR) is 62.6 cm³/mol. The van der Waals surface area contributed by atoms with E-state index in [1.54, 1.807) is 4.72 Å². The number of nitrogens with two attached hydrogens (primary N) is 1. The first-order valence-corrected chi connectivity index (χ1v) is 5.96. The second kappa shape index (κ2) is 4.97. The van der Waals surface area contributed by atoms with Gasteiger partial charge in [0.1, 0.15) is 10.8 Å². The monoisotopic (exact) mass is 279 g/mol. The van der Waals surface area contributed by atoms with Crippen LogP contribution in [0, 0.1) is 0 Å². The lowest BCUT2D eigenvalue weighted by molar-refractivity contribution is 0.177. The summed E-state index contributed by atoms with van der Waals surface area (Å²) in [5.41, 5.74) is 5.53. The van der Waals surface area contributed by atoms with Crippen molar-refractivity contribution in [3.63, 3.8) is 0 Å². The molecule has 9 nitrogen and oxygen atoms in total. The van der Waals surface area contributed by atoms with Gasteiger partial charge in [0.05, 0.1) is 18.9 Å². The Bertz CT molecular complexity index is 536. The van der Waals surface area contributed by atoms with E-state index in [1.807, 2.05) is 4.72 Å². The van der Waals surface area contributed by atoms with Crippen molar-refractivity contribution in [3.05, 3.63) is 11.8 Å². The first-order chi connectivity index (χ1) is 7.85. The van der Waals surface area contributed by atoms with E-state index in [9.17, 15) is 13.2 Å². The molecule has 1 amide bonds. The lowest BCUT2D eigenvalue weighted by Crippen LogP contribution is -2.35. The Morgan fingerprint density at radius 1 is 1.65 bits per heavy atom. The zero-order valence-electron chi connectivity index (χ0n) is 8.55. The Morgan fingerprint density at radius 2 is 2.29 bits per heavy atom. The molecule has 0 unspecified atom stereocenters. The lowest BCUT2D eigenvalue weighted by atomic mass is 10.3. The van der Waals surface area contributed by atoms with Crippen LogP contribution in [0.5, 0.6) is 0 Å². The molecule has 11 heteroatoms. The minimum atomic E-state index is -4.13. The summed E-state index contributed by atoms with van der Waals surface area (Å²) >= 11 is 4.67. The van der Waals surface area contributed by atoms with Crippen molar-refractivity contribution >= 4 is 39.3 Å². The molecular weight excluding hydrogens is 270 g/mol. The molecule has 94 valence electrons. The third-order valence-corrected chi connectivity index (χ3v) is 2.67. The van der Waals surface area contributed by atoms with E-state index in [4.69, 9.17) is 5.73 Å². The van der Waals surface area contributed by atoms with Crippen LogP contribution in [0.25, 0.3) is 0 Å². The first kappa shape index (κ1) is 13.2. The average Bonchev–Trinajstić information content (AvgIpc) is 2.64. The van der Waals surface area contributed by atoms with E-state index in [0.717, 1.165) is 7.11 Å². The van der Waals surface area contributed by atoms with Crippen LogP contribution < -0.4 is 15.2 Å². The van der Waals surface area contributed by atoms with Crippen LogP contribution in [0.4, 0.5) is 10.6 Å². The number of hydrogen-bond donors (Lipinski definition) is 4. The lowest BCUT2D eigenvalue weighted by Gasteiger charge is -2.07. The van der Waals surface area contributed by atoms with Gasteiger partial charge < -0.3 is 10.5 Å². The molecule has 0 atom stereocenters. The first-order valence-electron chi connectivity index (χ1n) is 4.07. The highest BCUT2D eigenvalue weighted by Gasteiger charge is 2.18. The molecule has 0 aliphatic heterocycles. The fraction of sp³-hybridized carbons (Fsp3) is 0.167. The average molecular weight is 279 g/mol. The molecule has 0 radical (unpaired) electrons. The van der Waals surface area contributed by atoms with Gasteiger partial charge >= 0.3 is 16.3 Å². The van der Waals surface area contributed by atoms with Crippen LogP contribution in [0.15, 0.2) is 6.20 Å². The quantitative estimate of drug-likeness (QED) is 0.521. The summed E-state index contributed by atoms with van der Waals surface area (Å²) in [6, 6.07) is 0. The molecule has 17 heavy (non-hydrogen) atoms. The maximum atomic E-state index is 11.4. The number of nitrogens with zero attached hydrogens (tertiary/aromatic N) is 1. The smallest absolute Gasteiger partial charge is 0.422 e. The standard InChI is InChI=1S/C6H9N5O4S2/c1-15-6(12)11-17(13,14)10-5-3(4(7)16)2-8-9-5/h2H,1H3,(H2,7,16)(H,11,12)(H2,8,9,10).